The summed E-state index contributed by atoms with van der Waals surface area (Å²) in [7, 11) is 0. The molecule has 0 amide bonds. The van der Waals surface area contributed by atoms with Crippen LogP contribution in [0.25, 0.3) is 0 Å². The second kappa shape index (κ2) is 7.40. The third kappa shape index (κ3) is 4.81. The van der Waals surface area contributed by atoms with E-state index in [0.717, 1.165) is 5.56 Å². The van der Waals surface area contributed by atoms with Gasteiger partial charge in [-0.2, -0.15) is 0 Å². The van der Waals surface area contributed by atoms with Crippen molar-refractivity contribution in [2.45, 2.75) is 26.0 Å². The summed E-state index contributed by atoms with van der Waals surface area (Å²) in [6.45, 7) is 1.24. The number of aliphatic carboxylic acids is 1. The number of carboxylic acid groups (broad SMARTS) is 1. The molecule has 0 heterocycles. The van der Waals surface area contributed by atoms with Crippen molar-refractivity contribution < 1.29 is 24.2 Å². The Kier molecular flexibility index (Phi) is 5.86. The lowest BCUT2D eigenvalue weighted by Gasteiger charge is -2.18. The van der Waals surface area contributed by atoms with Crippen LogP contribution in [-0.4, -0.2) is 28.9 Å². The second-order valence-corrected chi connectivity index (χ2v) is 4.43. The Morgan fingerprint density at radius 2 is 1.85 bits per heavy atom. The molecule has 0 saturated carbocycles. The summed E-state index contributed by atoms with van der Waals surface area (Å²) >= 11 is 0. The molecule has 2 atom stereocenters. The standard InChI is InChI=1S/C14H17NO5/c1-9(16)11(7-12(17)18)13(15)14(19)20-8-10-5-3-2-4-6-10/h2-6,11,13H,7-8,15H2,1H3,(H,17,18)/t11?,13-/m0/s1. The van der Waals surface area contributed by atoms with Gasteiger partial charge in [-0.15, -0.1) is 0 Å². The summed E-state index contributed by atoms with van der Waals surface area (Å²) in [4.78, 5) is 33.8. The van der Waals surface area contributed by atoms with Gasteiger partial charge in [-0.3, -0.25) is 14.4 Å². The van der Waals surface area contributed by atoms with Crippen molar-refractivity contribution in [1.29, 1.82) is 0 Å². The molecule has 6 heteroatoms. The summed E-state index contributed by atoms with van der Waals surface area (Å²) < 4.78 is 4.99. The molecule has 0 spiro atoms. The van der Waals surface area contributed by atoms with Gasteiger partial charge in [-0.05, 0) is 12.5 Å². The minimum Gasteiger partial charge on any atom is -0.481 e. The average molecular weight is 279 g/mol. The number of carbonyl (C=O) groups excluding carboxylic acids is 2. The maximum Gasteiger partial charge on any atom is 0.324 e. The Labute approximate surface area is 116 Å². The molecule has 0 aliphatic heterocycles. The zero-order valence-electron chi connectivity index (χ0n) is 11.1. The molecule has 0 saturated heterocycles. The van der Waals surface area contributed by atoms with E-state index in [4.69, 9.17) is 15.6 Å². The first-order valence-electron chi connectivity index (χ1n) is 6.10. The van der Waals surface area contributed by atoms with Crippen LogP contribution in [0.2, 0.25) is 0 Å². The van der Waals surface area contributed by atoms with Crippen molar-refractivity contribution in [1.82, 2.24) is 0 Å². The number of nitrogens with two attached hydrogens (primary N) is 1. The van der Waals surface area contributed by atoms with E-state index in [1.54, 1.807) is 24.3 Å². The third-order valence-corrected chi connectivity index (χ3v) is 2.85. The number of rotatable bonds is 7. The highest BCUT2D eigenvalue weighted by Crippen LogP contribution is 2.12. The molecule has 6 nitrogen and oxygen atoms in total. The molecule has 0 aromatic heterocycles. The number of carboxylic acids is 1. The highest BCUT2D eigenvalue weighted by Gasteiger charge is 2.31. The van der Waals surface area contributed by atoms with Gasteiger partial charge < -0.3 is 15.6 Å². The van der Waals surface area contributed by atoms with Gasteiger partial charge in [0.25, 0.3) is 0 Å². The van der Waals surface area contributed by atoms with Crippen molar-refractivity contribution >= 4 is 17.7 Å². The predicted octanol–water partition coefficient (Wildman–Crippen LogP) is 0.737. The Morgan fingerprint density at radius 1 is 1.25 bits per heavy atom. The molecule has 20 heavy (non-hydrogen) atoms. The Balaban J connectivity index is 2.60. The fourth-order valence-corrected chi connectivity index (χ4v) is 1.70. The SMILES string of the molecule is CC(=O)C(CC(=O)O)[C@H](N)C(=O)OCc1ccccc1. The van der Waals surface area contributed by atoms with Crippen LogP contribution in [0.15, 0.2) is 30.3 Å². The van der Waals surface area contributed by atoms with Crippen LogP contribution >= 0.6 is 0 Å². The quantitative estimate of drug-likeness (QED) is 0.713. The number of hydrogen-bond acceptors (Lipinski definition) is 5. The maximum atomic E-state index is 11.8. The zero-order valence-corrected chi connectivity index (χ0v) is 11.1. The number of ether oxygens (including phenoxy) is 1. The van der Waals surface area contributed by atoms with Crippen LogP contribution < -0.4 is 5.73 Å². The lowest BCUT2D eigenvalue weighted by Crippen LogP contribution is -2.43. The van der Waals surface area contributed by atoms with Gasteiger partial charge >= 0.3 is 11.9 Å². The monoisotopic (exact) mass is 279 g/mol. The fraction of sp³-hybridized carbons (Fsp3) is 0.357. The van der Waals surface area contributed by atoms with Crippen molar-refractivity contribution in [3.8, 4) is 0 Å². The number of carbonyl (C=O) groups is 3. The van der Waals surface area contributed by atoms with E-state index < -0.39 is 36.1 Å². The van der Waals surface area contributed by atoms with Gasteiger partial charge in [-0.25, -0.2) is 0 Å². The molecule has 1 unspecified atom stereocenters. The molecule has 0 radical (unpaired) electrons. The van der Waals surface area contributed by atoms with Crippen molar-refractivity contribution in [3.05, 3.63) is 35.9 Å². The van der Waals surface area contributed by atoms with Gasteiger partial charge in [0.05, 0.1) is 12.3 Å². The van der Waals surface area contributed by atoms with E-state index in [9.17, 15) is 14.4 Å². The van der Waals surface area contributed by atoms with E-state index in [-0.39, 0.29) is 6.61 Å². The average Bonchev–Trinajstić information content (AvgIpc) is 2.42. The lowest BCUT2D eigenvalue weighted by molar-refractivity contribution is -0.151. The molecule has 1 aromatic rings. The predicted molar refractivity (Wildman–Crippen MR) is 70.6 cm³/mol. The second-order valence-electron chi connectivity index (χ2n) is 4.43. The highest BCUT2D eigenvalue weighted by atomic mass is 16.5. The number of hydrogen-bond donors (Lipinski definition) is 2. The molecule has 0 bridgehead atoms. The number of esters is 1. The summed E-state index contributed by atoms with van der Waals surface area (Å²) in [5.41, 5.74) is 6.40. The van der Waals surface area contributed by atoms with E-state index in [0.29, 0.717) is 0 Å². The minimum absolute atomic E-state index is 0.0328. The molecule has 108 valence electrons. The van der Waals surface area contributed by atoms with E-state index >= 15 is 0 Å². The number of Topliss-reactive ketones (excluding diaryl/α,β-unsaturated/α-hetero) is 1. The highest BCUT2D eigenvalue weighted by molar-refractivity contribution is 5.89. The van der Waals surface area contributed by atoms with Crippen LogP contribution in [0.3, 0.4) is 0 Å². The maximum absolute atomic E-state index is 11.8. The Hall–Kier alpha value is -2.21. The first-order valence-corrected chi connectivity index (χ1v) is 6.10. The topological polar surface area (TPSA) is 107 Å². The third-order valence-electron chi connectivity index (χ3n) is 2.85. The molecule has 1 rings (SSSR count). The molecule has 0 fully saturated rings. The molecule has 0 aliphatic rings. The van der Waals surface area contributed by atoms with E-state index in [1.165, 1.54) is 6.92 Å². The minimum atomic E-state index is -1.27. The van der Waals surface area contributed by atoms with Gasteiger partial charge in [-0.1, -0.05) is 30.3 Å². The molecular formula is C14H17NO5. The van der Waals surface area contributed by atoms with E-state index in [1.807, 2.05) is 6.07 Å². The van der Waals surface area contributed by atoms with Crippen LogP contribution in [-0.2, 0) is 25.7 Å². The summed E-state index contributed by atoms with van der Waals surface area (Å²) in [6.07, 6.45) is -0.489. The fourth-order valence-electron chi connectivity index (χ4n) is 1.70. The molecule has 0 aliphatic carbocycles. The molecule has 3 N–H and O–H groups in total. The first kappa shape index (κ1) is 15.8. The summed E-state index contributed by atoms with van der Waals surface area (Å²) in [6, 6.07) is 7.71. The number of benzene rings is 1. The normalized spacial score (nSPS) is 13.3. The van der Waals surface area contributed by atoms with Crippen LogP contribution in [0.5, 0.6) is 0 Å². The van der Waals surface area contributed by atoms with Crippen molar-refractivity contribution in [3.63, 3.8) is 0 Å². The molecular weight excluding hydrogens is 262 g/mol. The van der Waals surface area contributed by atoms with Crippen molar-refractivity contribution in [2.75, 3.05) is 0 Å². The lowest BCUT2D eigenvalue weighted by atomic mass is 9.93. The smallest absolute Gasteiger partial charge is 0.324 e. The van der Waals surface area contributed by atoms with Gasteiger partial charge in [0.15, 0.2) is 0 Å². The van der Waals surface area contributed by atoms with E-state index in [2.05, 4.69) is 0 Å². The first-order chi connectivity index (χ1) is 9.41. The summed E-state index contributed by atoms with van der Waals surface area (Å²) in [5.74, 6) is -3.49. The molecule has 1 aromatic carbocycles. The summed E-state index contributed by atoms with van der Waals surface area (Å²) in [5, 5.41) is 8.71. The van der Waals surface area contributed by atoms with Gasteiger partial charge in [0, 0.05) is 0 Å². The van der Waals surface area contributed by atoms with Gasteiger partial charge in [0.1, 0.15) is 18.4 Å². The van der Waals surface area contributed by atoms with Crippen LogP contribution in [0.4, 0.5) is 0 Å². The van der Waals surface area contributed by atoms with Crippen molar-refractivity contribution in [2.24, 2.45) is 11.7 Å². The zero-order chi connectivity index (χ0) is 15.1. The largest absolute Gasteiger partial charge is 0.481 e. The Morgan fingerprint density at radius 3 is 2.35 bits per heavy atom. The number of ketones is 1. The van der Waals surface area contributed by atoms with Gasteiger partial charge in [0.2, 0.25) is 0 Å². The Bertz CT molecular complexity index is 486. The van der Waals surface area contributed by atoms with Crippen LogP contribution in [0, 0.1) is 5.92 Å². The van der Waals surface area contributed by atoms with Crippen LogP contribution in [0.1, 0.15) is 18.9 Å².